The predicted octanol–water partition coefficient (Wildman–Crippen LogP) is 5.09. The van der Waals surface area contributed by atoms with Gasteiger partial charge in [0.1, 0.15) is 22.1 Å². The number of hydrogen-bond acceptors (Lipinski definition) is 6. The van der Waals surface area contributed by atoms with Crippen LogP contribution in [-0.4, -0.2) is 33.2 Å². The van der Waals surface area contributed by atoms with Gasteiger partial charge in [-0.3, -0.25) is 4.79 Å². The van der Waals surface area contributed by atoms with Gasteiger partial charge in [0.15, 0.2) is 0 Å². The Kier molecular flexibility index (Phi) is 6.42. The molecule has 0 saturated heterocycles. The molecule has 0 aliphatic carbocycles. The van der Waals surface area contributed by atoms with Crippen LogP contribution in [0, 0.1) is 13.8 Å². The van der Waals surface area contributed by atoms with Crippen molar-refractivity contribution in [1.29, 1.82) is 0 Å². The topological polar surface area (TPSA) is 73.9 Å². The van der Waals surface area contributed by atoms with Crippen LogP contribution < -0.4 is 14.8 Å². The van der Waals surface area contributed by atoms with Crippen molar-refractivity contribution in [3.05, 3.63) is 64.0 Å². The van der Waals surface area contributed by atoms with Gasteiger partial charge >= 0.3 is 5.97 Å². The van der Waals surface area contributed by atoms with E-state index in [1.165, 1.54) is 32.7 Å². The lowest BCUT2D eigenvalue weighted by atomic mass is 9.99. The Bertz CT molecular complexity index is 1080. The monoisotopic (exact) mass is 425 g/mol. The van der Waals surface area contributed by atoms with Crippen molar-refractivity contribution in [1.82, 2.24) is 0 Å². The van der Waals surface area contributed by atoms with Crippen molar-refractivity contribution >= 4 is 28.2 Å². The number of amides is 1. The Morgan fingerprint density at radius 3 is 2.13 bits per heavy atom. The zero-order valence-corrected chi connectivity index (χ0v) is 18.3. The number of benzene rings is 2. The highest BCUT2D eigenvalue weighted by atomic mass is 32.1. The van der Waals surface area contributed by atoms with E-state index in [0.29, 0.717) is 33.2 Å². The molecule has 0 radical (unpaired) electrons. The molecule has 0 fully saturated rings. The molecule has 30 heavy (non-hydrogen) atoms. The van der Waals surface area contributed by atoms with Crippen LogP contribution in [0.3, 0.4) is 0 Å². The first kappa shape index (κ1) is 21.4. The number of thiophene rings is 1. The molecular formula is C23H23NO5S. The number of hydrogen-bond donors (Lipinski definition) is 1. The number of nitrogens with one attached hydrogen (secondary N) is 1. The summed E-state index contributed by atoms with van der Waals surface area (Å²) in [6.07, 6.45) is 0. The van der Waals surface area contributed by atoms with Gasteiger partial charge in [0.2, 0.25) is 0 Å². The molecule has 1 heterocycles. The molecular weight excluding hydrogens is 402 g/mol. The minimum absolute atomic E-state index is 0.328. The van der Waals surface area contributed by atoms with Crippen LogP contribution in [0.1, 0.15) is 31.8 Å². The number of ether oxygens (including phenoxy) is 3. The summed E-state index contributed by atoms with van der Waals surface area (Å²) in [5, 5.41) is 5.09. The van der Waals surface area contributed by atoms with Crippen molar-refractivity contribution in [3.63, 3.8) is 0 Å². The molecule has 3 rings (SSSR count). The molecule has 6 nitrogen and oxygen atoms in total. The number of methoxy groups -OCH3 is 3. The second-order valence-electron chi connectivity index (χ2n) is 6.70. The van der Waals surface area contributed by atoms with Gasteiger partial charge in [0.05, 0.1) is 21.3 Å². The van der Waals surface area contributed by atoms with E-state index >= 15 is 0 Å². The molecule has 0 spiro atoms. The number of anilines is 1. The fourth-order valence-electron chi connectivity index (χ4n) is 2.99. The fraction of sp³-hybridized carbons (Fsp3) is 0.217. The first-order valence-electron chi connectivity index (χ1n) is 9.19. The van der Waals surface area contributed by atoms with E-state index in [1.54, 1.807) is 18.2 Å². The van der Waals surface area contributed by atoms with E-state index < -0.39 is 5.97 Å². The highest BCUT2D eigenvalue weighted by Crippen LogP contribution is 2.37. The molecule has 0 unspecified atom stereocenters. The van der Waals surface area contributed by atoms with Crippen LogP contribution >= 0.6 is 11.3 Å². The first-order valence-corrected chi connectivity index (χ1v) is 10.1. The molecule has 0 saturated carbocycles. The van der Waals surface area contributed by atoms with Gasteiger partial charge in [0, 0.05) is 22.6 Å². The summed E-state index contributed by atoms with van der Waals surface area (Å²) in [5.74, 6) is 0.0956. The summed E-state index contributed by atoms with van der Waals surface area (Å²) in [7, 11) is 4.35. The van der Waals surface area contributed by atoms with E-state index in [2.05, 4.69) is 5.32 Å². The van der Waals surface area contributed by atoms with Gasteiger partial charge in [-0.05, 0) is 42.7 Å². The normalized spacial score (nSPS) is 10.4. The number of carbonyl (C=O) groups is 2. The standard InChI is InChI=1S/C23H23NO5S/c1-13-6-7-15(8-14(13)2)19-12-30-22(20(19)23(26)29-5)24-21(25)16-9-17(27-3)11-18(10-16)28-4/h6-12H,1-5H3,(H,24,25). The van der Waals surface area contributed by atoms with Crippen LogP contribution in [0.5, 0.6) is 11.5 Å². The van der Waals surface area contributed by atoms with Gasteiger partial charge in [-0.1, -0.05) is 18.2 Å². The molecule has 3 aromatic rings. The van der Waals surface area contributed by atoms with Crippen LogP contribution in [-0.2, 0) is 4.74 Å². The van der Waals surface area contributed by atoms with E-state index in [9.17, 15) is 9.59 Å². The summed E-state index contributed by atoms with van der Waals surface area (Å²) in [5.41, 5.74) is 4.56. The third-order valence-electron chi connectivity index (χ3n) is 4.84. The predicted molar refractivity (Wildman–Crippen MR) is 118 cm³/mol. The van der Waals surface area contributed by atoms with Crippen LogP contribution in [0.2, 0.25) is 0 Å². The Morgan fingerprint density at radius 1 is 0.900 bits per heavy atom. The van der Waals surface area contributed by atoms with E-state index in [0.717, 1.165) is 16.7 Å². The van der Waals surface area contributed by atoms with Crippen molar-refractivity contribution < 1.29 is 23.8 Å². The van der Waals surface area contributed by atoms with Crippen molar-refractivity contribution in [2.24, 2.45) is 0 Å². The lowest BCUT2D eigenvalue weighted by Gasteiger charge is -2.10. The van der Waals surface area contributed by atoms with E-state index in [4.69, 9.17) is 14.2 Å². The SMILES string of the molecule is COC(=O)c1c(-c2ccc(C)c(C)c2)csc1NC(=O)c1cc(OC)cc(OC)c1. The van der Waals surface area contributed by atoms with Crippen molar-refractivity contribution in [2.75, 3.05) is 26.6 Å². The highest BCUT2D eigenvalue weighted by Gasteiger charge is 2.23. The summed E-state index contributed by atoms with van der Waals surface area (Å²) in [4.78, 5) is 25.4. The Labute approximate surface area is 179 Å². The minimum Gasteiger partial charge on any atom is -0.497 e. The average molecular weight is 426 g/mol. The lowest BCUT2D eigenvalue weighted by molar-refractivity contribution is 0.0603. The minimum atomic E-state index is -0.511. The zero-order valence-electron chi connectivity index (χ0n) is 17.5. The molecule has 1 N–H and O–H groups in total. The van der Waals surface area contributed by atoms with Crippen molar-refractivity contribution in [3.8, 4) is 22.6 Å². The Balaban J connectivity index is 2.00. The fourth-order valence-corrected chi connectivity index (χ4v) is 3.94. The second-order valence-corrected chi connectivity index (χ2v) is 7.58. The number of esters is 1. The second kappa shape index (κ2) is 9.00. The molecule has 7 heteroatoms. The summed E-state index contributed by atoms with van der Waals surface area (Å²) in [6, 6.07) is 10.9. The third kappa shape index (κ3) is 4.31. The highest BCUT2D eigenvalue weighted by molar-refractivity contribution is 7.15. The molecule has 0 aliphatic rings. The molecule has 0 atom stereocenters. The summed E-state index contributed by atoms with van der Waals surface area (Å²) in [6.45, 7) is 4.05. The van der Waals surface area contributed by atoms with Crippen LogP contribution in [0.15, 0.2) is 41.8 Å². The van der Waals surface area contributed by atoms with Crippen LogP contribution in [0.25, 0.3) is 11.1 Å². The maximum Gasteiger partial charge on any atom is 0.341 e. The van der Waals surface area contributed by atoms with E-state index in [1.807, 2.05) is 37.4 Å². The largest absolute Gasteiger partial charge is 0.497 e. The summed E-state index contributed by atoms with van der Waals surface area (Å²) >= 11 is 1.27. The van der Waals surface area contributed by atoms with Gasteiger partial charge < -0.3 is 19.5 Å². The molecule has 2 aromatic carbocycles. The van der Waals surface area contributed by atoms with E-state index in [-0.39, 0.29) is 5.91 Å². The van der Waals surface area contributed by atoms with Gasteiger partial charge in [-0.25, -0.2) is 4.79 Å². The van der Waals surface area contributed by atoms with Crippen LogP contribution in [0.4, 0.5) is 5.00 Å². The molecule has 0 aliphatic heterocycles. The summed E-state index contributed by atoms with van der Waals surface area (Å²) < 4.78 is 15.4. The quantitative estimate of drug-likeness (QED) is 0.557. The van der Waals surface area contributed by atoms with Gasteiger partial charge in [-0.15, -0.1) is 11.3 Å². The maximum atomic E-state index is 12.9. The molecule has 1 amide bonds. The van der Waals surface area contributed by atoms with Gasteiger partial charge in [0.25, 0.3) is 5.91 Å². The van der Waals surface area contributed by atoms with Gasteiger partial charge in [-0.2, -0.15) is 0 Å². The molecule has 156 valence electrons. The first-order chi connectivity index (χ1) is 14.4. The maximum absolute atomic E-state index is 12.9. The Morgan fingerprint density at radius 2 is 1.57 bits per heavy atom. The molecule has 1 aromatic heterocycles. The third-order valence-corrected chi connectivity index (χ3v) is 5.73. The Hall–Kier alpha value is -3.32. The lowest BCUT2D eigenvalue weighted by Crippen LogP contribution is -2.14. The molecule has 0 bridgehead atoms. The number of aryl methyl sites for hydroxylation is 2. The number of rotatable bonds is 6. The number of carbonyl (C=O) groups excluding carboxylic acids is 2. The smallest absolute Gasteiger partial charge is 0.341 e. The average Bonchev–Trinajstić information content (AvgIpc) is 3.17. The van der Waals surface area contributed by atoms with Crippen molar-refractivity contribution in [2.45, 2.75) is 13.8 Å². The zero-order chi connectivity index (χ0) is 21.8.